The molecule has 2 atom stereocenters. The largest absolute Gasteiger partial charge is 0.340 e. The second-order valence-electron chi connectivity index (χ2n) is 6.99. The van der Waals surface area contributed by atoms with Gasteiger partial charge in [-0.15, -0.1) is 11.3 Å². The molecule has 2 aromatic rings. The van der Waals surface area contributed by atoms with Crippen molar-refractivity contribution < 1.29 is 9.59 Å². The lowest BCUT2D eigenvalue weighted by Gasteiger charge is -2.35. The lowest BCUT2D eigenvalue weighted by Crippen LogP contribution is -2.47. The maximum Gasteiger partial charge on any atom is 0.228 e. The predicted molar refractivity (Wildman–Crippen MR) is 98.3 cm³/mol. The molecular weight excluding hydrogens is 348 g/mol. The summed E-state index contributed by atoms with van der Waals surface area (Å²) in [6, 6.07) is 5.86. The van der Waals surface area contributed by atoms with Crippen molar-refractivity contribution in [3.63, 3.8) is 0 Å². The second-order valence-corrected chi connectivity index (χ2v) is 7.71. The van der Waals surface area contributed by atoms with Crippen LogP contribution in [-0.4, -0.2) is 50.7 Å². The molecule has 0 aliphatic carbocycles. The number of hydrogen-bond acceptors (Lipinski definition) is 5. The van der Waals surface area contributed by atoms with Crippen LogP contribution in [0.4, 0.5) is 0 Å². The van der Waals surface area contributed by atoms with E-state index in [0.29, 0.717) is 32.5 Å². The van der Waals surface area contributed by atoms with Crippen molar-refractivity contribution >= 4 is 23.2 Å². The van der Waals surface area contributed by atoms with Gasteiger partial charge in [-0.1, -0.05) is 6.07 Å². The van der Waals surface area contributed by atoms with Crippen LogP contribution in [0.5, 0.6) is 0 Å². The molecule has 3 aliphatic heterocycles. The summed E-state index contributed by atoms with van der Waals surface area (Å²) in [6.45, 7) is 1.73. The average Bonchev–Trinajstić information content (AvgIpc) is 3.03. The third-order valence-electron chi connectivity index (χ3n) is 5.28. The van der Waals surface area contributed by atoms with E-state index in [1.54, 1.807) is 23.0 Å². The van der Waals surface area contributed by atoms with E-state index in [-0.39, 0.29) is 23.8 Å². The smallest absolute Gasteiger partial charge is 0.228 e. The lowest BCUT2D eigenvalue weighted by atomic mass is 9.94. The monoisotopic (exact) mass is 370 g/mol. The minimum Gasteiger partial charge on any atom is -0.340 e. The Kier molecular flexibility index (Phi) is 4.97. The van der Waals surface area contributed by atoms with Crippen LogP contribution >= 0.6 is 11.3 Å². The Morgan fingerprint density at radius 3 is 2.88 bits per heavy atom. The third-order valence-corrected chi connectivity index (χ3v) is 5.92. The summed E-state index contributed by atoms with van der Waals surface area (Å²) < 4.78 is 0. The molecule has 0 unspecified atom stereocenters. The molecule has 3 saturated heterocycles. The second kappa shape index (κ2) is 7.53. The summed E-state index contributed by atoms with van der Waals surface area (Å²) in [5, 5.41) is 1.99. The number of nitrogens with zero attached hydrogens (tertiary/aromatic N) is 4. The number of rotatable bonds is 5. The number of amides is 2. The molecule has 7 heteroatoms. The molecule has 3 fully saturated rings. The quantitative estimate of drug-likeness (QED) is 0.809. The highest BCUT2D eigenvalue weighted by Crippen LogP contribution is 2.30. The summed E-state index contributed by atoms with van der Waals surface area (Å²) in [6.07, 6.45) is 4.67. The first-order chi connectivity index (χ1) is 12.7. The van der Waals surface area contributed by atoms with Crippen LogP contribution in [0.1, 0.15) is 30.7 Å². The van der Waals surface area contributed by atoms with Gasteiger partial charge in [-0.2, -0.15) is 0 Å². The molecule has 0 spiro atoms. The molecule has 2 aromatic heterocycles. The van der Waals surface area contributed by atoms with E-state index in [0.717, 1.165) is 24.2 Å². The fraction of sp³-hybridized carbons (Fsp3) is 0.474. The van der Waals surface area contributed by atoms with Gasteiger partial charge in [-0.25, -0.2) is 4.98 Å². The molecule has 2 amide bonds. The van der Waals surface area contributed by atoms with Crippen molar-refractivity contribution in [3.8, 4) is 0 Å². The van der Waals surface area contributed by atoms with E-state index in [9.17, 15) is 9.59 Å². The van der Waals surface area contributed by atoms with Gasteiger partial charge in [0.1, 0.15) is 0 Å². The van der Waals surface area contributed by atoms with Gasteiger partial charge in [0.2, 0.25) is 11.8 Å². The number of aromatic nitrogens is 2. The maximum atomic E-state index is 12.8. The Balaban J connectivity index is 1.42. The number of hydrogen-bond donors (Lipinski definition) is 0. The first-order valence-electron chi connectivity index (χ1n) is 9.06. The number of carbonyl (C=O) groups is 2. The van der Waals surface area contributed by atoms with Gasteiger partial charge >= 0.3 is 0 Å². The molecular formula is C19H22N4O2S. The standard InChI is InChI=1S/C19H22N4O2S/c24-18(7-5-15-3-1-2-8-20-15)22-9-14-4-6-17(11-22)23(19(14)25)10-16-12-26-13-21-16/h1-3,8,12-14,17H,4-7,9-11H2/t14-,17+/m0/s1. The maximum absolute atomic E-state index is 12.8. The van der Waals surface area contributed by atoms with Crippen molar-refractivity contribution in [1.82, 2.24) is 19.8 Å². The Morgan fingerprint density at radius 1 is 1.19 bits per heavy atom. The molecule has 0 aromatic carbocycles. The summed E-state index contributed by atoms with van der Waals surface area (Å²) in [4.78, 5) is 38.0. The van der Waals surface area contributed by atoms with Crippen LogP contribution in [-0.2, 0) is 22.6 Å². The van der Waals surface area contributed by atoms with Crippen molar-refractivity contribution in [2.45, 2.75) is 38.3 Å². The Bertz CT molecular complexity index is 765. The van der Waals surface area contributed by atoms with E-state index in [1.807, 2.05) is 33.4 Å². The molecule has 6 nitrogen and oxygen atoms in total. The van der Waals surface area contributed by atoms with Crippen molar-refractivity contribution in [2.75, 3.05) is 13.1 Å². The van der Waals surface area contributed by atoms with E-state index < -0.39 is 0 Å². The number of fused-ring (bicyclic) bond motifs is 4. The SMILES string of the molecule is O=C(CCc1ccccn1)N1C[C@@H]2CC[C@H](C1)N(Cc1cscn1)C2=O. The van der Waals surface area contributed by atoms with Gasteiger partial charge in [0.05, 0.1) is 23.7 Å². The first-order valence-corrected chi connectivity index (χ1v) is 10.00. The van der Waals surface area contributed by atoms with Crippen molar-refractivity contribution in [3.05, 3.63) is 46.7 Å². The zero-order valence-electron chi connectivity index (χ0n) is 14.6. The van der Waals surface area contributed by atoms with Gasteiger partial charge in [-0.3, -0.25) is 14.6 Å². The van der Waals surface area contributed by atoms with Crippen molar-refractivity contribution in [2.24, 2.45) is 5.92 Å². The van der Waals surface area contributed by atoms with Gasteiger partial charge in [-0.05, 0) is 31.4 Å². The summed E-state index contributed by atoms with van der Waals surface area (Å²) in [5.41, 5.74) is 3.66. The third kappa shape index (κ3) is 3.62. The summed E-state index contributed by atoms with van der Waals surface area (Å²) in [7, 11) is 0. The molecule has 0 N–H and O–H groups in total. The normalized spacial score (nSPS) is 22.5. The number of carbonyl (C=O) groups excluding carboxylic acids is 2. The van der Waals surface area contributed by atoms with Crippen LogP contribution in [0, 0.1) is 5.92 Å². The number of pyridine rings is 1. The zero-order valence-corrected chi connectivity index (χ0v) is 15.4. The Hall–Kier alpha value is -2.28. The van der Waals surface area contributed by atoms with Gasteiger partial charge in [0.25, 0.3) is 0 Å². The minimum atomic E-state index is -0.0776. The van der Waals surface area contributed by atoms with E-state index in [1.165, 1.54) is 0 Å². The fourth-order valence-corrected chi connectivity index (χ4v) is 4.43. The van der Waals surface area contributed by atoms with E-state index in [4.69, 9.17) is 0 Å². The van der Waals surface area contributed by atoms with Crippen LogP contribution in [0.2, 0.25) is 0 Å². The van der Waals surface area contributed by atoms with E-state index in [2.05, 4.69) is 9.97 Å². The number of thiazole rings is 1. The molecule has 136 valence electrons. The van der Waals surface area contributed by atoms with Crippen molar-refractivity contribution in [1.29, 1.82) is 0 Å². The highest BCUT2D eigenvalue weighted by atomic mass is 32.1. The van der Waals surface area contributed by atoms with Crippen LogP contribution < -0.4 is 0 Å². The topological polar surface area (TPSA) is 66.4 Å². The molecule has 0 radical (unpaired) electrons. The van der Waals surface area contributed by atoms with Gasteiger partial charge in [0.15, 0.2) is 0 Å². The molecule has 26 heavy (non-hydrogen) atoms. The summed E-state index contributed by atoms with van der Waals surface area (Å²) in [5.74, 6) is 0.219. The van der Waals surface area contributed by atoms with Gasteiger partial charge in [0, 0.05) is 42.8 Å². The van der Waals surface area contributed by atoms with E-state index >= 15 is 0 Å². The summed E-state index contributed by atoms with van der Waals surface area (Å²) >= 11 is 1.55. The number of aryl methyl sites for hydroxylation is 1. The average molecular weight is 370 g/mol. The molecule has 0 saturated carbocycles. The highest BCUT2D eigenvalue weighted by molar-refractivity contribution is 7.07. The van der Waals surface area contributed by atoms with Crippen LogP contribution in [0.3, 0.4) is 0 Å². The molecule has 5 rings (SSSR count). The predicted octanol–water partition coefficient (Wildman–Crippen LogP) is 2.12. The van der Waals surface area contributed by atoms with Gasteiger partial charge < -0.3 is 9.80 Å². The molecule has 2 bridgehead atoms. The number of piperidine rings is 1. The fourth-order valence-electron chi connectivity index (χ4n) is 3.88. The Labute approximate surface area is 156 Å². The zero-order chi connectivity index (χ0) is 17.9. The van der Waals surface area contributed by atoms with Crippen LogP contribution in [0.15, 0.2) is 35.3 Å². The Morgan fingerprint density at radius 2 is 2.12 bits per heavy atom. The highest BCUT2D eigenvalue weighted by Gasteiger charge is 2.41. The first kappa shape index (κ1) is 17.1. The lowest BCUT2D eigenvalue weighted by molar-refractivity contribution is -0.140. The van der Waals surface area contributed by atoms with Crippen LogP contribution in [0.25, 0.3) is 0 Å². The molecule has 5 heterocycles. The minimum absolute atomic E-state index is 0.0776. The molecule has 3 aliphatic rings.